The van der Waals surface area contributed by atoms with Crippen molar-refractivity contribution < 1.29 is 13.5 Å². The molecule has 0 bridgehead atoms. The number of hydrogen-bond donors (Lipinski definition) is 1. The minimum Gasteiger partial charge on any atom is -0.390 e. The molecule has 20 heavy (non-hydrogen) atoms. The fourth-order valence-corrected chi connectivity index (χ4v) is 6.36. The predicted molar refractivity (Wildman–Crippen MR) is 79.3 cm³/mol. The summed E-state index contributed by atoms with van der Waals surface area (Å²) in [6, 6.07) is 3.54. The highest BCUT2D eigenvalue weighted by atomic mass is 32.2. The quantitative estimate of drug-likeness (QED) is 0.911. The molecule has 2 aliphatic rings. The number of aryl methyl sites for hydroxylation is 1. The van der Waals surface area contributed by atoms with Gasteiger partial charge in [-0.2, -0.15) is 4.31 Å². The van der Waals surface area contributed by atoms with E-state index in [1.165, 1.54) is 11.3 Å². The summed E-state index contributed by atoms with van der Waals surface area (Å²) in [7, 11) is -3.38. The molecule has 1 saturated heterocycles. The average Bonchev–Trinajstić information content (AvgIpc) is 2.85. The van der Waals surface area contributed by atoms with Crippen molar-refractivity contribution in [2.75, 3.05) is 13.1 Å². The smallest absolute Gasteiger partial charge is 0.252 e. The average molecular weight is 315 g/mol. The highest BCUT2D eigenvalue weighted by molar-refractivity contribution is 7.91. The number of fused-ring (bicyclic) bond motifs is 1. The third kappa shape index (κ3) is 2.43. The van der Waals surface area contributed by atoms with E-state index >= 15 is 0 Å². The molecule has 0 aromatic carbocycles. The zero-order chi connectivity index (χ0) is 14.4. The largest absolute Gasteiger partial charge is 0.390 e. The van der Waals surface area contributed by atoms with Crippen molar-refractivity contribution in [1.29, 1.82) is 0 Å². The van der Waals surface area contributed by atoms with Crippen LogP contribution in [0.4, 0.5) is 0 Å². The number of rotatable bonds is 2. The van der Waals surface area contributed by atoms with E-state index in [-0.39, 0.29) is 5.92 Å². The standard InChI is InChI=1S/C14H21NO3S2/c1-11-5-6-13(19-11)20(17,18)15-9-8-14(16)7-3-2-4-12(14)10-15/h5-6,12,16H,2-4,7-10H2,1H3. The normalized spacial score (nSPS) is 32.0. The molecule has 0 amide bonds. The van der Waals surface area contributed by atoms with Gasteiger partial charge in [0.2, 0.25) is 0 Å². The van der Waals surface area contributed by atoms with Crippen LogP contribution < -0.4 is 0 Å². The van der Waals surface area contributed by atoms with Gasteiger partial charge in [0.1, 0.15) is 4.21 Å². The maximum absolute atomic E-state index is 12.6. The third-order valence-corrected chi connectivity index (χ3v) is 8.03. The molecule has 4 nitrogen and oxygen atoms in total. The Balaban J connectivity index is 1.82. The van der Waals surface area contributed by atoms with Crippen LogP contribution in [0.3, 0.4) is 0 Å². The molecule has 1 aliphatic heterocycles. The van der Waals surface area contributed by atoms with Crippen molar-refractivity contribution in [3.8, 4) is 0 Å². The van der Waals surface area contributed by atoms with Crippen LogP contribution in [0.2, 0.25) is 0 Å². The van der Waals surface area contributed by atoms with Crippen molar-refractivity contribution in [3.63, 3.8) is 0 Å². The van der Waals surface area contributed by atoms with Gasteiger partial charge in [-0.05, 0) is 38.3 Å². The molecule has 3 rings (SSSR count). The Morgan fingerprint density at radius 2 is 2.15 bits per heavy atom. The molecule has 112 valence electrons. The Labute approximate surface area is 124 Å². The van der Waals surface area contributed by atoms with Gasteiger partial charge >= 0.3 is 0 Å². The lowest BCUT2D eigenvalue weighted by Crippen LogP contribution is -2.54. The van der Waals surface area contributed by atoms with E-state index in [4.69, 9.17) is 0 Å². The Morgan fingerprint density at radius 1 is 1.35 bits per heavy atom. The molecule has 2 fully saturated rings. The summed E-state index contributed by atoms with van der Waals surface area (Å²) < 4.78 is 27.3. The minimum absolute atomic E-state index is 0.0980. The van der Waals surface area contributed by atoms with Crippen LogP contribution in [0.1, 0.15) is 37.0 Å². The lowest BCUT2D eigenvalue weighted by Gasteiger charge is -2.46. The van der Waals surface area contributed by atoms with Crippen LogP contribution in [0, 0.1) is 12.8 Å². The second kappa shape index (κ2) is 5.09. The number of sulfonamides is 1. The van der Waals surface area contributed by atoms with E-state index in [0.29, 0.717) is 23.7 Å². The van der Waals surface area contributed by atoms with Gasteiger partial charge in [0.05, 0.1) is 5.60 Å². The molecule has 2 atom stereocenters. The highest BCUT2D eigenvalue weighted by Crippen LogP contribution is 2.41. The van der Waals surface area contributed by atoms with Gasteiger partial charge in [-0.3, -0.25) is 0 Å². The lowest BCUT2D eigenvalue weighted by molar-refractivity contribution is -0.0816. The van der Waals surface area contributed by atoms with Gasteiger partial charge in [-0.15, -0.1) is 11.3 Å². The predicted octanol–water partition coefficient (Wildman–Crippen LogP) is 2.37. The van der Waals surface area contributed by atoms with Gasteiger partial charge in [-0.1, -0.05) is 12.8 Å². The summed E-state index contributed by atoms with van der Waals surface area (Å²) in [4.78, 5) is 1.01. The van der Waals surface area contributed by atoms with Gasteiger partial charge in [0, 0.05) is 23.9 Å². The number of hydrogen-bond acceptors (Lipinski definition) is 4. The van der Waals surface area contributed by atoms with Gasteiger partial charge in [0.25, 0.3) is 10.0 Å². The molecule has 0 spiro atoms. The molecule has 1 aromatic heterocycles. The Kier molecular flexibility index (Phi) is 3.69. The first-order valence-corrected chi connectivity index (χ1v) is 9.46. The zero-order valence-corrected chi connectivity index (χ0v) is 13.3. The molecule has 1 aromatic rings. The maximum Gasteiger partial charge on any atom is 0.252 e. The first kappa shape index (κ1) is 14.5. The van der Waals surface area contributed by atoms with Crippen molar-refractivity contribution in [2.45, 2.75) is 48.8 Å². The Hall–Kier alpha value is -0.430. The van der Waals surface area contributed by atoms with Crippen molar-refractivity contribution in [3.05, 3.63) is 17.0 Å². The van der Waals surface area contributed by atoms with E-state index in [9.17, 15) is 13.5 Å². The number of piperidine rings is 1. The highest BCUT2D eigenvalue weighted by Gasteiger charge is 2.45. The topological polar surface area (TPSA) is 57.6 Å². The van der Waals surface area contributed by atoms with E-state index in [0.717, 1.165) is 30.6 Å². The number of nitrogens with zero attached hydrogens (tertiary/aromatic N) is 1. The van der Waals surface area contributed by atoms with Crippen molar-refractivity contribution >= 4 is 21.4 Å². The molecule has 6 heteroatoms. The van der Waals surface area contributed by atoms with Gasteiger partial charge < -0.3 is 5.11 Å². The van der Waals surface area contributed by atoms with E-state index < -0.39 is 15.6 Å². The maximum atomic E-state index is 12.6. The summed E-state index contributed by atoms with van der Waals surface area (Å²) in [5.74, 6) is 0.0980. The second-order valence-electron chi connectivity index (χ2n) is 6.02. The van der Waals surface area contributed by atoms with E-state index in [1.54, 1.807) is 10.4 Å². The number of thiophene rings is 1. The first-order chi connectivity index (χ1) is 9.42. The van der Waals surface area contributed by atoms with Crippen LogP contribution in [-0.2, 0) is 10.0 Å². The van der Waals surface area contributed by atoms with Gasteiger partial charge in [-0.25, -0.2) is 8.42 Å². The lowest BCUT2D eigenvalue weighted by atomic mass is 9.72. The summed E-state index contributed by atoms with van der Waals surface area (Å²) >= 11 is 1.32. The SMILES string of the molecule is Cc1ccc(S(=O)(=O)N2CCC3(O)CCCCC3C2)s1. The first-order valence-electron chi connectivity index (χ1n) is 7.21. The van der Waals surface area contributed by atoms with E-state index in [2.05, 4.69) is 0 Å². The molecule has 1 N–H and O–H groups in total. The van der Waals surface area contributed by atoms with Crippen LogP contribution in [0.25, 0.3) is 0 Å². The Bertz CT molecular complexity index is 595. The fraction of sp³-hybridized carbons (Fsp3) is 0.714. The minimum atomic E-state index is -3.38. The zero-order valence-electron chi connectivity index (χ0n) is 11.7. The van der Waals surface area contributed by atoms with Crippen molar-refractivity contribution in [1.82, 2.24) is 4.31 Å². The van der Waals surface area contributed by atoms with Crippen molar-refractivity contribution in [2.24, 2.45) is 5.92 Å². The molecule has 2 heterocycles. The molecule has 0 radical (unpaired) electrons. The van der Waals surface area contributed by atoms with Crippen LogP contribution in [-0.4, -0.2) is 36.5 Å². The monoisotopic (exact) mass is 315 g/mol. The molecule has 2 unspecified atom stereocenters. The molecule has 1 aliphatic carbocycles. The third-order valence-electron chi connectivity index (χ3n) is 4.70. The van der Waals surface area contributed by atoms with Gasteiger partial charge in [0.15, 0.2) is 0 Å². The number of aliphatic hydroxyl groups is 1. The Morgan fingerprint density at radius 3 is 2.85 bits per heavy atom. The second-order valence-corrected chi connectivity index (χ2v) is 9.48. The summed E-state index contributed by atoms with van der Waals surface area (Å²) in [6.45, 7) is 2.82. The summed E-state index contributed by atoms with van der Waals surface area (Å²) in [5.41, 5.74) is -0.629. The molecular weight excluding hydrogens is 294 g/mol. The molecular formula is C14H21NO3S2. The fourth-order valence-electron chi connectivity index (χ4n) is 3.44. The molecule has 1 saturated carbocycles. The van der Waals surface area contributed by atoms with Crippen LogP contribution >= 0.6 is 11.3 Å². The van der Waals surface area contributed by atoms with E-state index in [1.807, 2.05) is 13.0 Å². The van der Waals surface area contributed by atoms with Crippen LogP contribution in [0.5, 0.6) is 0 Å². The summed E-state index contributed by atoms with van der Waals surface area (Å²) in [5, 5.41) is 10.6. The summed E-state index contributed by atoms with van der Waals surface area (Å²) in [6.07, 6.45) is 4.49. The van der Waals surface area contributed by atoms with Crippen LogP contribution in [0.15, 0.2) is 16.3 Å².